The summed E-state index contributed by atoms with van der Waals surface area (Å²) in [7, 11) is 0. The Morgan fingerprint density at radius 1 is 1.53 bits per heavy atom. The largest absolute Gasteiger partial charge is 0.465 e. The Kier molecular flexibility index (Phi) is 4.63. The normalized spacial score (nSPS) is 10.0. The zero-order valence-corrected chi connectivity index (χ0v) is 10.1. The van der Waals surface area contributed by atoms with E-state index in [1.165, 1.54) is 10.8 Å². The molecule has 1 heterocycles. The first-order valence-electron chi connectivity index (χ1n) is 5.44. The predicted molar refractivity (Wildman–Crippen MR) is 62.6 cm³/mol. The van der Waals surface area contributed by atoms with E-state index in [0.717, 1.165) is 0 Å². The number of nitrogens with zero attached hydrogens (tertiary/aromatic N) is 2. The fourth-order valence-corrected chi connectivity index (χ4v) is 1.27. The molecule has 1 aromatic rings. The number of hydrogen-bond donors (Lipinski definition) is 0. The molecule has 0 aromatic carbocycles. The lowest BCUT2D eigenvalue weighted by molar-refractivity contribution is -0.143. The van der Waals surface area contributed by atoms with Crippen molar-refractivity contribution in [1.82, 2.24) is 9.55 Å². The molecule has 0 bridgehead atoms. The summed E-state index contributed by atoms with van der Waals surface area (Å²) < 4.78 is 6.35. The molecular formula is C12H16N2O3. The number of imidazole rings is 1. The average Bonchev–Trinajstić information content (AvgIpc) is 2.75. The molecule has 0 fully saturated rings. The first-order valence-corrected chi connectivity index (χ1v) is 5.44. The fraction of sp³-hybridized carbons (Fsp3) is 0.417. The molecule has 0 aliphatic heterocycles. The number of carbonyl (C=O) groups excluding carboxylic acids is 2. The summed E-state index contributed by atoms with van der Waals surface area (Å²) in [6.07, 6.45) is 3.88. The Hall–Kier alpha value is -1.91. The lowest BCUT2D eigenvalue weighted by Gasteiger charge is -2.06. The standard InChI is InChI=1S/C12H16N2O3/c1-4-11(15)17-8-5-10-13-6-7-14(10)12(16)9(2)3/h6-7H,2,4-5,8H2,1,3H3. The Bertz CT molecular complexity index is 435. The number of esters is 1. The van der Waals surface area contributed by atoms with Crippen LogP contribution in [0.1, 0.15) is 30.9 Å². The highest BCUT2D eigenvalue weighted by Crippen LogP contribution is 2.03. The molecule has 5 heteroatoms. The van der Waals surface area contributed by atoms with E-state index >= 15 is 0 Å². The van der Waals surface area contributed by atoms with Gasteiger partial charge in [-0.15, -0.1) is 0 Å². The summed E-state index contributed by atoms with van der Waals surface area (Å²) in [6, 6.07) is 0. The lowest BCUT2D eigenvalue weighted by Crippen LogP contribution is -2.16. The summed E-state index contributed by atoms with van der Waals surface area (Å²) in [4.78, 5) is 26.7. The zero-order valence-electron chi connectivity index (χ0n) is 10.1. The minimum atomic E-state index is -0.255. The second-order valence-corrected chi connectivity index (χ2v) is 3.62. The molecule has 92 valence electrons. The molecule has 0 saturated heterocycles. The molecule has 0 unspecified atom stereocenters. The molecule has 0 radical (unpaired) electrons. The highest BCUT2D eigenvalue weighted by Gasteiger charge is 2.11. The molecule has 0 amide bonds. The van der Waals surface area contributed by atoms with E-state index in [1.54, 1.807) is 20.0 Å². The van der Waals surface area contributed by atoms with Crippen molar-refractivity contribution in [1.29, 1.82) is 0 Å². The Balaban J connectivity index is 2.61. The van der Waals surface area contributed by atoms with Crippen LogP contribution in [0.3, 0.4) is 0 Å². The van der Waals surface area contributed by atoms with Crippen LogP contribution in [-0.2, 0) is 16.0 Å². The van der Waals surface area contributed by atoms with E-state index in [9.17, 15) is 9.59 Å². The first kappa shape index (κ1) is 13.2. The fourth-order valence-electron chi connectivity index (χ4n) is 1.27. The smallest absolute Gasteiger partial charge is 0.305 e. The van der Waals surface area contributed by atoms with Gasteiger partial charge in [-0.05, 0) is 6.92 Å². The SMILES string of the molecule is C=C(C)C(=O)n1ccnc1CCOC(=O)CC. The van der Waals surface area contributed by atoms with Crippen LogP contribution in [0, 0.1) is 0 Å². The second kappa shape index (κ2) is 5.98. The van der Waals surface area contributed by atoms with E-state index < -0.39 is 0 Å². The summed E-state index contributed by atoms with van der Waals surface area (Å²) >= 11 is 0. The van der Waals surface area contributed by atoms with Crippen LogP contribution in [0.25, 0.3) is 0 Å². The molecule has 0 N–H and O–H groups in total. The van der Waals surface area contributed by atoms with E-state index in [1.807, 2.05) is 0 Å². The van der Waals surface area contributed by atoms with Gasteiger partial charge in [-0.25, -0.2) is 4.98 Å². The molecule has 17 heavy (non-hydrogen) atoms. The summed E-state index contributed by atoms with van der Waals surface area (Å²) in [5.41, 5.74) is 0.440. The number of ether oxygens (including phenoxy) is 1. The van der Waals surface area contributed by atoms with Crippen LogP contribution >= 0.6 is 0 Å². The van der Waals surface area contributed by atoms with E-state index in [4.69, 9.17) is 4.74 Å². The summed E-state index contributed by atoms with van der Waals surface area (Å²) in [5, 5.41) is 0. The number of rotatable bonds is 5. The molecular weight excluding hydrogens is 220 g/mol. The van der Waals surface area contributed by atoms with Crippen molar-refractivity contribution in [3.8, 4) is 0 Å². The van der Waals surface area contributed by atoms with Crippen LogP contribution in [0.4, 0.5) is 0 Å². The van der Waals surface area contributed by atoms with Gasteiger partial charge in [0.25, 0.3) is 5.91 Å². The monoisotopic (exact) mass is 236 g/mol. The van der Waals surface area contributed by atoms with Crippen molar-refractivity contribution in [3.63, 3.8) is 0 Å². The number of allylic oxidation sites excluding steroid dienone is 1. The molecule has 1 rings (SSSR count). The summed E-state index contributed by atoms with van der Waals surface area (Å²) in [5.74, 6) is 0.121. The van der Waals surface area contributed by atoms with Crippen molar-refractivity contribution >= 4 is 11.9 Å². The van der Waals surface area contributed by atoms with Crippen LogP contribution < -0.4 is 0 Å². The number of carbonyl (C=O) groups is 2. The van der Waals surface area contributed by atoms with E-state index in [2.05, 4.69) is 11.6 Å². The average molecular weight is 236 g/mol. The van der Waals surface area contributed by atoms with Gasteiger partial charge in [0.15, 0.2) is 0 Å². The molecule has 5 nitrogen and oxygen atoms in total. The van der Waals surface area contributed by atoms with Gasteiger partial charge in [0.05, 0.1) is 6.61 Å². The summed E-state index contributed by atoms with van der Waals surface area (Å²) in [6.45, 7) is 7.19. The van der Waals surface area contributed by atoms with Gasteiger partial charge in [0.1, 0.15) is 5.82 Å². The maximum absolute atomic E-state index is 11.7. The molecule has 0 saturated carbocycles. The van der Waals surface area contributed by atoms with Crippen molar-refractivity contribution in [2.45, 2.75) is 26.7 Å². The van der Waals surface area contributed by atoms with Crippen LogP contribution in [0.5, 0.6) is 0 Å². The molecule has 1 aromatic heterocycles. The number of hydrogen-bond acceptors (Lipinski definition) is 4. The van der Waals surface area contributed by atoms with Crippen molar-refractivity contribution in [2.24, 2.45) is 0 Å². The Morgan fingerprint density at radius 3 is 2.82 bits per heavy atom. The minimum absolute atomic E-state index is 0.195. The third-order valence-electron chi connectivity index (χ3n) is 2.18. The van der Waals surface area contributed by atoms with Crippen molar-refractivity contribution in [2.75, 3.05) is 6.61 Å². The molecule has 0 spiro atoms. The van der Waals surface area contributed by atoms with Gasteiger partial charge in [0.2, 0.25) is 0 Å². The van der Waals surface area contributed by atoms with Gasteiger partial charge in [-0.3, -0.25) is 14.2 Å². The second-order valence-electron chi connectivity index (χ2n) is 3.62. The van der Waals surface area contributed by atoms with Gasteiger partial charge in [-0.2, -0.15) is 0 Å². The van der Waals surface area contributed by atoms with Gasteiger partial charge in [0, 0.05) is 30.8 Å². The maximum Gasteiger partial charge on any atom is 0.305 e. The molecule has 0 aliphatic rings. The quantitative estimate of drug-likeness (QED) is 0.575. The van der Waals surface area contributed by atoms with Crippen LogP contribution in [0.15, 0.2) is 24.5 Å². The van der Waals surface area contributed by atoms with Crippen LogP contribution in [-0.4, -0.2) is 28.0 Å². The topological polar surface area (TPSA) is 61.2 Å². The van der Waals surface area contributed by atoms with E-state index in [0.29, 0.717) is 24.2 Å². The Morgan fingerprint density at radius 2 is 2.24 bits per heavy atom. The maximum atomic E-state index is 11.7. The van der Waals surface area contributed by atoms with Gasteiger partial charge < -0.3 is 4.74 Å². The van der Waals surface area contributed by atoms with Crippen LogP contribution in [0.2, 0.25) is 0 Å². The van der Waals surface area contributed by atoms with E-state index in [-0.39, 0.29) is 18.5 Å². The highest BCUT2D eigenvalue weighted by atomic mass is 16.5. The van der Waals surface area contributed by atoms with Gasteiger partial charge in [-0.1, -0.05) is 13.5 Å². The van der Waals surface area contributed by atoms with Crippen molar-refractivity contribution in [3.05, 3.63) is 30.4 Å². The van der Waals surface area contributed by atoms with Gasteiger partial charge >= 0.3 is 5.97 Å². The minimum Gasteiger partial charge on any atom is -0.465 e. The number of aromatic nitrogens is 2. The first-order chi connectivity index (χ1) is 8.06. The van der Waals surface area contributed by atoms with Crippen molar-refractivity contribution < 1.29 is 14.3 Å². The molecule has 0 aliphatic carbocycles. The molecule has 0 atom stereocenters. The third kappa shape index (κ3) is 3.55. The highest BCUT2D eigenvalue weighted by molar-refractivity contribution is 5.94. The zero-order chi connectivity index (χ0) is 12.8. The predicted octanol–water partition coefficient (Wildman–Crippen LogP) is 1.60. The lowest BCUT2D eigenvalue weighted by atomic mass is 10.3. The third-order valence-corrected chi connectivity index (χ3v) is 2.18. The Labute approximate surface area is 100 Å².